The van der Waals surface area contributed by atoms with Crippen molar-refractivity contribution in [2.45, 2.75) is 25.7 Å². The summed E-state index contributed by atoms with van der Waals surface area (Å²) < 4.78 is 18.5. The van der Waals surface area contributed by atoms with Gasteiger partial charge in [0.05, 0.1) is 6.61 Å². The molecule has 1 aliphatic rings. The monoisotopic (exact) mass is 284 g/mol. The molecule has 0 radical (unpaired) electrons. The minimum absolute atomic E-state index is 0.0344. The summed E-state index contributed by atoms with van der Waals surface area (Å²) in [7, 11) is 0. The molecular weight excluding hydrogens is 267 g/mol. The van der Waals surface area contributed by atoms with Gasteiger partial charge in [-0.25, -0.2) is 4.39 Å². The van der Waals surface area contributed by atoms with Crippen molar-refractivity contribution in [2.24, 2.45) is 0 Å². The fourth-order valence-electron chi connectivity index (χ4n) is 2.58. The molecule has 2 nitrogen and oxygen atoms in total. The third kappa shape index (κ3) is 2.68. The Hall–Kier alpha value is -2.16. The second kappa shape index (κ2) is 4.99. The molecule has 21 heavy (non-hydrogen) atoms. The zero-order valence-corrected chi connectivity index (χ0v) is 12.2. The van der Waals surface area contributed by atoms with Gasteiger partial charge in [0.15, 0.2) is 5.78 Å². The predicted octanol–water partition coefficient (Wildman–Crippen LogP) is 3.92. The van der Waals surface area contributed by atoms with Gasteiger partial charge in [-0.15, -0.1) is 0 Å². The predicted molar refractivity (Wildman–Crippen MR) is 79.4 cm³/mol. The van der Waals surface area contributed by atoms with Crippen LogP contribution < -0.4 is 4.74 Å². The van der Waals surface area contributed by atoms with Gasteiger partial charge in [0.2, 0.25) is 0 Å². The van der Waals surface area contributed by atoms with Crippen molar-refractivity contribution in [1.29, 1.82) is 0 Å². The molecule has 0 unspecified atom stereocenters. The van der Waals surface area contributed by atoms with E-state index in [4.69, 9.17) is 4.74 Å². The molecule has 3 heteroatoms. The molecule has 108 valence electrons. The van der Waals surface area contributed by atoms with Crippen LogP contribution in [0.3, 0.4) is 0 Å². The van der Waals surface area contributed by atoms with Gasteiger partial charge >= 0.3 is 0 Å². The third-order valence-electron chi connectivity index (χ3n) is 3.90. The standard InChI is InChI=1S/C18H17FO2/c1-18(2)11-21-17-8-5-13(10-15(17)18)16(20)9-12-3-6-14(19)7-4-12/h3-8,10H,9,11H2,1-2H3. The molecule has 0 aromatic heterocycles. The van der Waals surface area contributed by atoms with Gasteiger partial charge in [-0.3, -0.25) is 4.79 Å². The fraction of sp³-hybridized carbons (Fsp3) is 0.278. The number of Topliss-reactive ketones (excluding diaryl/α,β-unsaturated/α-hetero) is 1. The first-order valence-corrected chi connectivity index (χ1v) is 7.01. The van der Waals surface area contributed by atoms with Gasteiger partial charge in [-0.1, -0.05) is 26.0 Å². The van der Waals surface area contributed by atoms with Gasteiger partial charge in [-0.2, -0.15) is 0 Å². The van der Waals surface area contributed by atoms with Gasteiger partial charge < -0.3 is 4.74 Å². The normalized spacial score (nSPS) is 15.4. The van der Waals surface area contributed by atoms with Crippen LogP contribution in [0.25, 0.3) is 0 Å². The minimum atomic E-state index is -0.289. The summed E-state index contributed by atoms with van der Waals surface area (Å²) in [6.07, 6.45) is 0.278. The Morgan fingerprint density at radius 2 is 1.90 bits per heavy atom. The highest BCUT2D eigenvalue weighted by Gasteiger charge is 2.32. The number of ether oxygens (including phenoxy) is 1. The maximum Gasteiger partial charge on any atom is 0.167 e. The fourth-order valence-corrected chi connectivity index (χ4v) is 2.58. The number of hydrogen-bond acceptors (Lipinski definition) is 2. The van der Waals surface area contributed by atoms with E-state index in [0.29, 0.717) is 12.2 Å². The molecule has 0 fully saturated rings. The van der Waals surface area contributed by atoms with Crippen molar-refractivity contribution >= 4 is 5.78 Å². The minimum Gasteiger partial charge on any atom is -0.492 e. The summed E-state index contributed by atoms with van der Waals surface area (Å²) in [4.78, 5) is 12.4. The number of carbonyl (C=O) groups excluding carboxylic acids is 1. The lowest BCUT2D eigenvalue weighted by atomic mass is 9.85. The molecule has 0 aliphatic carbocycles. The van der Waals surface area contributed by atoms with E-state index < -0.39 is 0 Å². The molecule has 0 saturated heterocycles. The van der Waals surface area contributed by atoms with Crippen molar-refractivity contribution in [3.05, 3.63) is 65.0 Å². The van der Waals surface area contributed by atoms with Crippen LogP contribution in [0, 0.1) is 5.82 Å². The van der Waals surface area contributed by atoms with Crippen LogP contribution >= 0.6 is 0 Å². The Labute approximate surface area is 123 Å². The van der Waals surface area contributed by atoms with E-state index in [2.05, 4.69) is 13.8 Å². The van der Waals surface area contributed by atoms with Crippen LogP contribution in [0.1, 0.15) is 35.3 Å². The lowest BCUT2D eigenvalue weighted by molar-refractivity contribution is 0.0993. The first-order valence-electron chi connectivity index (χ1n) is 7.01. The number of fused-ring (bicyclic) bond motifs is 1. The zero-order chi connectivity index (χ0) is 15.0. The van der Waals surface area contributed by atoms with Gasteiger partial charge in [0, 0.05) is 23.0 Å². The Kier molecular flexibility index (Phi) is 3.28. The van der Waals surface area contributed by atoms with E-state index >= 15 is 0 Å². The third-order valence-corrected chi connectivity index (χ3v) is 3.90. The molecule has 0 atom stereocenters. The van der Waals surface area contributed by atoms with Crippen LogP contribution in [0.15, 0.2) is 42.5 Å². The molecule has 2 aromatic rings. The molecule has 0 saturated carbocycles. The van der Waals surface area contributed by atoms with E-state index in [0.717, 1.165) is 16.9 Å². The smallest absolute Gasteiger partial charge is 0.167 e. The number of rotatable bonds is 3. The summed E-state index contributed by atoms with van der Waals surface area (Å²) >= 11 is 0. The molecule has 1 heterocycles. The highest BCUT2D eigenvalue weighted by molar-refractivity contribution is 5.98. The van der Waals surface area contributed by atoms with Crippen LogP contribution in [0.2, 0.25) is 0 Å². The lowest BCUT2D eigenvalue weighted by Crippen LogP contribution is -2.18. The molecule has 0 N–H and O–H groups in total. The maximum absolute atomic E-state index is 12.9. The van der Waals surface area contributed by atoms with Gasteiger partial charge in [-0.05, 0) is 35.9 Å². The SMILES string of the molecule is CC1(C)COc2ccc(C(=O)Cc3ccc(F)cc3)cc21. The highest BCUT2D eigenvalue weighted by Crippen LogP contribution is 2.38. The van der Waals surface area contributed by atoms with E-state index in [1.54, 1.807) is 18.2 Å². The van der Waals surface area contributed by atoms with Crippen LogP contribution in [0.5, 0.6) is 5.75 Å². The highest BCUT2D eigenvalue weighted by atomic mass is 19.1. The van der Waals surface area contributed by atoms with Gasteiger partial charge in [0.25, 0.3) is 0 Å². The number of benzene rings is 2. The quantitative estimate of drug-likeness (QED) is 0.798. The molecular formula is C18H17FO2. The van der Waals surface area contributed by atoms with Crippen molar-refractivity contribution in [2.75, 3.05) is 6.61 Å². The molecule has 3 rings (SSSR count). The van der Waals surface area contributed by atoms with Crippen LogP contribution in [-0.2, 0) is 11.8 Å². The van der Waals surface area contributed by atoms with E-state index in [1.165, 1.54) is 12.1 Å². The van der Waals surface area contributed by atoms with Crippen molar-refractivity contribution < 1.29 is 13.9 Å². The van der Waals surface area contributed by atoms with E-state index in [9.17, 15) is 9.18 Å². The van der Waals surface area contributed by atoms with Gasteiger partial charge in [0.1, 0.15) is 11.6 Å². The summed E-state index contributed by atoms with van der Waals surface area (Å²) in [6, 6.07) is 11.6. The molecule has 0 spiro atoms. The summed E-state index contributed by atoms with van der Waals surface area (Å²) in [5.74, 6) is 0.605. The van der Waals surface area contributed by atoms with Crippen molar-refractivity contribution in [3.63, 3.8) is 0 Å². The second-order valence-electron chi connectivity index (χ2n) is 6.11. The molecule has 0 amide bonds. The lowest BCUT2D eigenvalue weighted by Gasteiger charge is -2.15. The van der Waals surface area contributed by atoms with Crippen LogP contribution in [-0.4, -0.2) is 12.4 Å². The van der Waals surface area contributed by atoms with Crippen molar-refractivity contribution in [3.8, 4) is 5.75 Å². The largest absolute Gasteiger partial charge is 0.492 e. The first kappa shape index (κ1) is 13.8. The molecule has 2 aromatic carbocycles. The Bertz CT molecular complexity index is 687. The average Bonchev–Trinajstić information content (AvgIpc) is 2.77. The topological polar surface area (TPSA) is 26.3 Å². The average molecular weight is 284 g/mol. The Morgan fingerprint density at radius 1 is 1.19 bits per heavy atom. The Morgan fingerprint density at radius 3 is 2.62 bits per heavy atom. The summed E-state index contributed by atoms with van der Waals surface area (Å²) in [5.41, 5.74) is 2.50. The number of carbonyl (C=O) groups is 1. The first-order chi connectivity index (χ1) is 9.95. The van der Waals surface area contributed by atoms with E-state index in [-0.39, 0.29) is 23.4 Å². The zero-order valence-electron chi connectivity index (χ0n) is 12.2. The van der Waals surface area contributed by atoms with Crippen molar-refractivity contribution in [1.82, 2.24) is 0 Å². The number of halogens is 1. The molecule has 1 aliphatic heterocycles. The Balaban J connectivity index is 1.84. The number of ketones is 1. The summed E-state index contributed by atoms with van der Waals surface area (Å²) in [5, 5.41) is 0. The second-order valence-corrected chi connectivity index (χ2v) is 6.11. The van der Waals surface area contributed by atoms with E-state index in [1.807, 2.05) is 12.1 Å². The number of hydrogen-bond donors (Lipinski definition) is 0. The maximum atomic E-state index is 12.9. The summed E-state index contributed by atoms with van der Waals surface area (Å²) in [6.45, 7) is 4.85. The van der Waals surface area contributed by atoms with Crippen LogP contribution in [0.4, 0.5) is 4.39 Å². The molecule has 0 bridgehead atoms.